The fraction of sp³-hybridized carbons (Fsp3) is 0.455. The summed E-state index contributed by atoms with van der Waals surface area (Å²) < 4.78 is 0.968. The second-order valence-corrected chi connectivity index (χ2v) is 5.77. The summed E-state index contributed by atoms with van der Waals surface area (Å²) in [5.74, 6) is 0.121. The first-order valence-corrected chi connectivity index (χ1v) is 6.66. The second kappa shape index (κ2) is 6.79. The molecule has 0 bridgehead atoms. The van der Waals surface area contributed by atoms with Crippen LogP contribution in [0.5, 0.6) is 0 Å². The third-order valence-electron chi connectivity index (χ3n) is 2.20. The molecular weight excluding hydrogens is 288 g/mol. The smallest absolute Gasteiger partial charge is 0.186 e. The standard InChI is InChI=1S/C11H13BrN2OS/c1-2-14(7-3-6-13)8-9(15)10-4-5-11(12)16-10/h4-5H,2-3,7-8H2,1H3. The van der Waals surface area contributed by atoms with Gasteiger partial charge in [0.1, 0.15) is 0 Å². The van der Waals surface area contributed by atoms with E-state index >= 15 is 0 Å². The van der Waals surface area contributed by atoms with E-state index in [0.29, 0.717) is 19.5 Å². The van der Waals surface area contributed by atoms with Crippen LogP contribution >= 0.6 is 27.3 Å². The number of thiophene rings is 1. The molecule has 0 amide bonds. The minimum Gasteiger partial charge on any atom is -0.295 e. The number of nitrogens with zero attached hydrogens (tertiary/aromatic N) is 2. The van der Waals surface area contributed by atoms with Gasteiger partial charge in [-0.2, -0.15) is 5.26 Å². The Morgan fingerprint density at radius 3 is 2.88 bits per heavy atom. The Balaban J connectivity index is 2.52. The lowest BCUT2D eigenvalue weighted by Gasteiger charge is -2.17. The molecule has 0 aliphatic carbocycles. The van der Waals surface area contributed by atoms with Crippen LogP contribution in [0.25, 0.3) is 0 Å². The van der Waals surface area contributed by atoms with E-state index in [0.717, 1.165) is 15.2 Å². The molecule has 0 aliphatic heterocycles. The summed E-state index contributed by atoms with van der Waals surface area (Å²) in [7, 11) is 0. The minimum atomic E-state index is 0.121. The molecule has 0 unspecified atom stereocenters. The highest BCUT2D eigenvalue weighted by Crippen LogP contribution is 2.22. The maximum absolute atomic E-state index is 11.9. The van der Waals surface area contributed by atoms with Crippen molar-refractivity contribution in [2.75, 3.05) is 19.6 Å². The summed E-state index contributed by atoms with van der Waals surface area (Å²) >= 11 is 4.78. The summed E-state index contributed by atoms with van der Waals surface area (Å²) in [4.78, 5) is 14.6. The van der Waals surface area contributed by atoms with E-state index in [9.17, 15) is 4.79 Å². The van der Waals surface area contributed by atoms with Gasteiger partial charge in [-0.1, -0.05) is 6.92 Å². The Bertz CT molecular complexity index is 397. The molecule has 0 saturated carbocycles. The fourth-order valence-corrected chi connectivity index (χ4v) is 2.62. The lowest BCUT2D eigenvalue weighted by Crippen LogP contribution is -2.30. The van der Waals surface area contributed by atoms with Crippen LogP contribution in [0, 0.1) is 11.3 Å². The number of hydrogen-bond acceptors (Lipinski definition) is 4. The van der Waals surface area contributed by atoms with E-state index in [1.807, 2.05) is 24.0 Å². The monoisotopic (exact) mass is 300 g/mol. The van der Waals surface area contributed by atoms with Crippen LogP contribution in [0.3, 0.4) is 0 Å². The van der Waals surface area contributed by atoms with Crippen molar-refractivity contribution in [1.29, 1.82) is 5.26 Å². The second-order valence-electron chi connectivity index (χ2n) is 3.30. The summed E-state index contributed by atoms with van der Waals surface area (Å²) in [5, 5.41) is 8.50. The van der Waals surface area contributed by atoms with Gasteiger partial charge in [0, 0.05) is 13.0 Å². The minimum absolute atomic E-state index is 0.121. The van der Waals surface area contributed by atoms with Crippen LogP contribution in [0.15, 0.2) is 15.9 Å². The van der Waals surface area contributed by atoms with Crippen LogP contribution in [-0.4, -0.2) is 30.3 Å². The maximum atomic E-state index is 11.9. The van der Waals surface area contributed by atoms with Gasteiger partial charge in [-0.25, -0.2) is 0 Å². The molecule has 16 heavy (non-hydrogen) atoms. The van der Waals surface area contributed by atoms with Gasteiger partial charge in [0.2, 0.25) is 0 Å². The Kier molecular flexibility index (Phi) is 5.67. The van der Waals surface area contributed by atoms with E-state index < -0.39 is 0 Å². The maximum Gasteiger partial charge on any atom is 0.186 e. The molecule has 1 aromatic rings. The van der Waals surface area contributed by atoms with Crippen LogP contribution in [0.4, 0.5) is 0 Å². The van der Waals surface area contributed by atoms with Crippen molar-refractivity contribution in [3.05, 3.63) is 20.8 Å². The molecule has 1 heterocycles. The number of hydrogen-bond donors (Lipinski definition) is 0. The Morgan fingerprint density at radius 2 is 2.38 bits per heavy atom. The average molecular weight is 301 g/mol. The van der Waals surface area contributed by atoms with Gasteiger partial charge >= 0.3 is 0 Å². The zero-order valence-corrected chi connectivity index (χ0v) is 11.5. The highest BCUT2D eigenvalue weighted by molar-refractivity contribution is 9.11. The molecule has 5 heteroatoms. The summed E-state index contributed by atoms with van der Waals surface area (Å²) in [6.07, 6.45) is 0.468. The number of nitriles is 1. The average Bonchev–Trinajstić information content (AvgIpc) is 2.70. The molecule has 0 atom stereocenters. The van der Waals surface area contributed by atoms with Crippen molar-refractivity contribution in [1.82, 2.24) is 4.90 Å². The van der Waals surface area contributed by atoms with E-state index in [1.165, 1.54) is 11.3 Å². The van der Waals surface area contributed by atoms with Gasteiger partial charge in [-0.3, -0.25) is 9.69 Å². The molecule has 1 rings (SSSR count). The molecule has 0 aliphatic rings. The predicted octanol–water partition coefficient (Wildman–Crippen LogP) is 2.93. The number of rotatable bonds is 6. The van der Waals surface area contributed by atoms with Gasteiger partial charge in [0.05, 0.1) is 21.3 Å². The third-order valence-corrected chi connectivity index (χ3v) is 3.87. The lowest BCUT2D eigenvalue weighted by molar-refractivity contribution is 0.0939. The third kappa shape index (κ3) is 4.05. The first-order valence-electron chi connectivity index (χ1n) is 5.05. The molecule has 0 fully saturated rings. The topological polar surface area (TPSA) is 44.1 Å². The van der Waals surface area contributed by atoms with Crippen molar-refractivity contribution in [2.24, 2.45) is 0 Å². The van der Waals surface area contributed by atoms with Crippen molar-refractivity contribution in [2.45, 2.75) is 13.3 Å². The molecule has 0 radical (unpaired) electrons. The molecule has 0 saturated heterocycles. The van der Waals surface area contributed by atoms with Gasteiger partial charge in [0.15, 0.2) is 5.78 Å². The van der Waals surface area contributed by atoms with Gasteiger partial charge < -0.3 is 0 Å². The molecule has 0 spiro atoms. The fourth-order valence-electron chi connectivity index (χ4n) is 1.30. The van der Waals surface area contributed by atoms with Crippen molar-refractivity contribution in [3.8, 4) is 6.07 Å². The first kappa shape index (κ1) is 13.4. The SMILES string of the molecule is CCN(CCC#N)CC(=O)c1ccc(Br)s1. The van der Waals surface area contributed by atoms with Gasteiger partial charge in [0.25, 0.3) is 0 Å². The zero-order chi connectivity index (χ0) is 12.0. The number of carbonyl (C=O) groups excluding carboxylic acids is 1. The molecule has 1 aromatic heterocycles. The molecular formula is C11H13BrN2OS. The van der Waals surface area contributed by atoms with Crippen LogP contribution in [0.1, 0.15) is 23.0 Å². The summed E-state index contributed by atoms with van der Waals surface area (Å²) in [5.41, 5.74) is 0. The molecule has 3 nitrogen and oxygen atoms in total. The Labute approximate surface area is 108 Å². The highest BCUT2D eigenvalue weighted by atomic mass is 79.9. The normalized spacial score (nSPS) is 10.4. The predicted molar refractivity (Wildman–Crippen MR) is 68.7 cm³/mol. The molecule has 0 N–H and O–H groups in total. The molecule has 0 aromatic carbocycles. The lowest BCUT2D eigenvalue weighted by atomic mass is 10.3. The highest BCUT2D eigenvalue weighted by Gasteiger charge is 2.12. The number of ketones is 1. The van der Waals surface area contributed by atoms with Crippen molar-refractivity contribution < 1.29 is 4.79 Å². The number of Topliss-reactive ketones (excluding diaryl/α,β-unsaturated/α-hetero) is 1. The number of halogens is 1. The summed E-state index contributed by atoms with van der Waals surface area (Å²) in [6.45, 7) is 3.84. The summed E-state index contributed by atoms with van der Waals surface area (Å²) in [6, 6.07) is 5.80. The van der Waals surface area contributed by atoms with Gasteiger partial charge in [-0.15, -0.1) is 11.3 Å². The van der Waals surface area contributed by atoms with Crippen molar-refractivity contribution in [3.63, 3.8) is 0 Å². The largest absolute Gasteiger partial charge is 0.295 e. The van der Waals surface area contributed by atoms with Crippen molar-refractivity contribution >= 4 is 33.0 Å². The first-order chi connectivity index (χ1) is 7.67. The zero-order valence-electron chi connectivity index (χ0n) is 9.07. The van der Waals surface area contributed by atoms with E-state index in [-0.39, 0.29) is 5.78 Å². The Morgan fingerprint density at radius 1 is 1.62 bits per heavy atom. The van der Waals surface area contributed by atoms with E-state index in [1.54, 1.807) is 0 Å². The van der Waals surface area contributed by atoms with Crippen LogP contribution in [0.2, 0.25) is 0 Å². The number of likely N-dealkylation sites (N-methyl/N-ethyl adjacent to an activating group) is 1. The Hall–Kier alpha value is -0.700. The van der Waals surface area contributed by atoms with E-state index in [2.05, 4.69) is 22.0 Å². The molecule has 86 valence electrons. The van der Waals surface area contributed by atoms with Gasteiger partial charge in [-0.05, 0) is 34.6 Å². The van der Waals surface area contributed by atoms with Crippen LogP contribution in [-0.2, 0) is 0 Å². The van der Waals surface area contributed by atoms with E-state index in [4.69, 9.17) is 5.26 Å². The number of carbonyl (C=O) groups is 1. The van der Waals surface area contributed by atoms with Crippen LogP contribution < -0.4 is 0 Å². The quantitative estimate of drug-likeness (QED) is 0.759.